The summed E-state index contributed by atoms with van der Waals surface area (Å²) in [6.07, 6.45) is 9.94. The topological polar surface area (TPSA) is 69.2 Å². The highest BCUT2D eigenvalue weighted by Crippen LogP contribution is 2.33. The van der Waals surface area contributed by atoms with Gasteiger partial charge in [0, 0.05) is 48.1 Å². The first-order valence-corrected chi connectivity index (χ1v) is 13.7. The molecule has 0 radical (unpaired) electrons. The largest absolute Gasteiger partial charge is 0.489 e. The smallest absolute Gasteiger partial charge is 0.166 e. The average molecular weight is 567 g/mol. The van der Waals surface area contributed by atoms with Gasteiger partial charge in [-0.25, -0.2) is 9.37 Å². The van der Waals surface area contributed by atoms with E-state index in [4.69, 9.17) is 33.7 Å². The van der Waals surface area contributed by atoms with E-state index in [1.807, 2.05) is 35.3 Å². The lowest BCUT2D eigenvalue weighted by molar-refractivity contribution is 0.152. The summed E-state index contributed by atoms with van der Waals surface area (Å²) in [5, 5.41) is 5.06. The highest BCUT2D eigenvalue weighted by atomic mass is 35.5. The van der Waals surface area contributed by atoms with Crippen molar-refractivity contribution in [2.75, 3.05) is 25.4 Å². The Balaban J connectivity index is 1.22. The Morgan fingerprint density at radius 3 is 2.62 bits per heavy atom. The zero-order valence-electron chi connectivity index (χ0n) is 21.4. The fourth-order valence-electron chi connectivity index (χ4n) is 5.05. The highest BCUT2D eigenvalue weighted by molar-refractivity contribution is 6.36. The number of rotatable bonds is 9. The first kappa shape index (κ1) is 27.2. The molecule has 0 spiro atoms. The van der Waals surface area contributed by atoms with E-state index in [0.717, 1.165) is 37.1 Å². The van der Waals surface area contributed by atoms with Crippen LogP contribution in [0.1, 0.15) is 36.1 Å². The van der Waals surface area contributed by atoms with E-state index in [-0.39, 0.29) is 23.5 Å². The van der Waals surface area contributed by atoms with E-state index >= 15 is 0 Å². The van der Waals surface area contributed by atoms with Gasteiger partial charge in [-0.2, -0.15) is 5.10 Å². The molecule has 3 heterocycles. The van der Waals surface area contributed by atoms with Gasteiger partial charge in [0.25, 0.3) is 0 Å². The van der Waals surface area contributed by atoms with E-state index in [1.54, 1.807) is 6.20 Å². The minimum Gasteiger partial charge on any atom is -0.489 e. The molecule has 5 rings (SSSR count). The molecule has 202 valence electrons. The number of likely N-dealkylation sites (tertiary alicyclic amines) is 1. The maximum absolute atomic E-state index is 13.8. The number of ether oxygens (including phenoxy) is 1. The summed E-state index contributed by atoms with van der Waals surface area (Å²) in [5.74, 6) is 0.192. The van der Waals surface area contributed by atoms with Gasteiger partial charge >= 0.3 is 0 Å². The van der Waals surface area contributed by atoms with Gasteiger partial charge in [-0.15, -0.1) is 6.58 Å². The molecule has 2 aromatic heterocycles. The van der Waals surface area contributed by atoms with Crippen molar-refractivity contribution in [3.8, 4) is 16.9 Å². The number of anilines is 1. The summed E-state index contributed by atoms with van der Waals surface area (Å²) < 4.78 is 21.8. The van der Waals surface area contributed by atoms with Crippen molar-refractivity contribution >= 4 is 29.0 Å². The SMILES string of the molecule is C=C[C@H](c1ccccc1)N1CCC(n2cc(-c3cnc(N)c(OCCc4c(Cl)ccc(F)c4Cl)c3)cn2)CC1. The molecule has 0 saturated carbocycles. The predicted molar refractivity (Wildman–Crippen MR) is 155 cm³/mol. The number of piperidine rings is 1. The summed E-state index contributed by atoms with van der Waals surface area (Å²) in [6, 6.07) is 15.6. The number of pyridine rings is 1. The van der Waals surface area contributed by atoms with E-state index in [1.165, 1.54) is 17.7 Å². The zero-order chi connectivity index (χ0) is 27.4. The van der Waals surface area contributed by atoms with Crippen LogP contribution in [0.4, 0.5) is 10.2 Å². The van der Waals surface area contributed by atoms with Crippen molar-refractivity contribution < 1.29 is 9.13 Å². The second-order valence-corrected chi connectivity index (χ2v) is 10.4. The molecule has 1 atom stereocenters. The molecule has 9 heteroatoms. The lowest BCUT2D eigenvalue weighted by Crippen LogP contribution is -2.36. The van der Waals surface area contributed by atoms with Gasteiger partial charge in [-0.1, -0.05) is 59.6 Å². The van der Waals surface area contributed by atoms with Gasteiger partial charge in [-0.3, -0.25) is 9.58 Å². The lowest BCUT2D eigenvalue weighted by atomic mass is 9.99. The van der Waals surface area contributed by atoms with Crippen LogP contribution in [0.3, 0.4) is 0 Å². The number of benzene rings is 2. The normalized spacial score (nSPS) is 15.3. The number of nitrogens with two attached hydrogens (primary N) is 1. The minimum atomic E-state index is -0.515. The second-order valence-electron chi connectivity index (χ2n) is 9.59. The molecule has 39 heavy (non-hydrogen) atoms. The molecule has 1 fully saturated rings. The van der Waals surface area contributed by atoms with Crippen LogP contribution in [0.25, 0.3) is 11.1 Å². The Kier molecular flexibility index (Phi) is 8.50. The maximum atomic E-state index is 13.8. The summed E-state index contributed by atoms with van der Waals surface area (Å²) >= 11 is 12.3. The monoisotopic (exact) mass is 565 g/mol. The number of hydrogen-bond donors (Lipinski definition) is 1. The first-order chi connectivity index (χ1) is 18.9. The Morgan fingerprint density at radius 1 is 1.10 bits per heavy atom. The van der Waals surface area contributed by atoms with Crippen LogP contribution in [0.15, 0.2) is 79.8 Å². The van der Waals surface area contributed by atoms with Crippen molar-refractivity contribution in [1.82, 2.24) is 19.7 Å². The predicted octanol–water partition coefficient (Wildman–Crippen LogP) is 7.16. The number of nitrogen functional groups attached to an aromatic ring is 1. The summed E-state index contributed by atoms with van der Waals surface area (Å²) in [4.78, 5) is 6.78. The molecular weight excluding hydrogens is 536 g/mol. The van der Waals surface area contributed by atoms with Crippen LogP contribution in [0.5, 0.6) is 5.75 Å². The third kappa shape index (κ3) is 6.11. The third-order valence-corrected chi connectivity index (χ3v) is 7.96. The van der Waals surface area contributed by atoms with Gasteiger partial charge in [-0.05, 0) is 42.2 Å². The Morgan fingerprint density at radius 2 is 1.87 bits per heavy atom. The van der Waals surface area contributed by atoms with Crippen molar-refractivity contribution in [3.63, 3.8) is 0 Å². The van der Waals surface area contributed by atoms with Crippen molar-refractivity contribution in [2.45, 2.75) is 31.3 Å². The summed E-state index contributed by atoms with van der Waals surface area (Å²) in [6.45, 7) is 6.22. The fraction of sp³-hybridized carbons (Fsp3) is 0.267. The number of hydrogen-bond acceptors (Lipinski definition) is 5. The fourth-order valence-corrected chi connectivity index (χ4v) is 5.61. The molecule has 2 N–H and O–H groups in total. The molecular formula is C30H30Cl2FN5O. The average Bonchev–Trinajstić information content (AvgIpc) is 3.45. The molecule has 2 aromatic carbocycles. The standard InChI is InChI=1S/C30H30Cl2FN5O/c1-2-27(20-6-4-3-5-7-20)37-13-10-23(11-14-37)38-19-22(18-36-38)21-16-28(30(34)35-17-21)39-15-12-24-25(31)8-9-26(33)29(24)32/h2-9,16-19,23,27H,1,10-15H2,(H2,34,35)/t27-/m1/s1. The van der Waals surface area contributed by atoms with E-state index in [2.05, 4.69) is 45.8 Å². The van der Waals surface area contributed by atoms with Gasteiger partial charge in [0.1, 0.15) is 5.82 Å². The van der Waals surface area contributed by atoms with E-state index in [9.17, 15) is 4.39 Å². The van der Waals surface area contributed by atoms with Crippen LogP contribution >= 0.6 is 23.2 Å². The van der Waals surface area contributed by atoms with E-state index < -0.39 is 5.82 Å². The Bertz CT molecular complexity index is 1440. The molecule has 0 aliphatic carbocycles. The van der Waals surface area contributed by atoms with Crippen molar-refractivity contribution in [3.05, 3.63) is 107 Å². The van der Waals surface area contributed by atoms with Crippen molar-refractivity contribution in [1.29, 1.82) is 0 Å². The zero-order valence-corrected chi connectivity index (χ0v) is 23.0. The number of halogens is 3. The number of nitrogens with zero attached hydrogens (tertiary/aromatic N) is 4. The van der Waals surface area contributed by atoms with Crippen LogP contribution in [-0.4, -0.2) is 39.4 Å². The lowest BCUT2D eigenvalue weighted by Gasteiger charge is -2.36. The minimum absolute atomic E-state index is 0.00396. The van der Waals surface area contributed by atoms with Crippen LogP contribution in [0.2, 0.25) is 10.0 Å². The van der Waals surface area contributed by atoms with Gasteiger partial charge in [0.15, 0.2) is 11.6 Å². The molecule has 0 amide bonds. The van der Waals surface area contributed by atoms with Crippen LogP contribution < -0.4 is 10.5 Å². The molecule has 1 saturated heterocycles. The number of aromatic nitrogens is 3. The molecule has 1 aliphatic heterocycles. The van der Waals surface area contributed by atoms with E-state index in [0.29, 0.717) is 28.8 Å². The van der Waals surface area contributed by atoms with Gasteiger partial charge in [0.2, 0.25) is 0 Å². The highest BCUT2D eigenvalue weighted by Gasteiger charge is 2.26. The quantitative estimate of drug-likeness (QED) is 0.172. The molecule has 0 bridgehead atoms. The first-order valence-electron chi connectivity index (χ1n) is 12.9. The summed E-state index contributed by atoms with van der Waals surface area (Å²) in [5.41, 5.74) is 9.60. The molecule has 4 aromatic rings. The third-order valence-electron chi connectivity index (χ3n) is 7.20. The van der Waals surface area contributed by atoms with Gasteiger partial charge < -0.3 is 10.5 Å². The maximum Gasteiger partial charge on any atom is 0.166 e. The Labute approximate surface area is 237 Å². The summed E-state index contributed by atoms with van der Waals surface area (Å²) in [7, 11) is 0. The second kappa shape index (κ2) is 12.2. The van der Waals surface area contributed by atoms with Gasteiger partial charge in [0.05, 0.1) is 29.9 Å². The molecule has 0 unspecified atom stereocenters. The molecule has 1 aliphatic rings. The molecule has 6 nitrogen and oxygen atoms in total. The van der Waals surface area contributed by atoms with Crippen molar-refractivity contribution in [2.24, 2.45) is 0 Å². The van der Waals surface area contributed by atoms with Crippen LogP contribution in [0, 0.1) is 5.82 Å². The Hall–Kier alpha value is -3.39. The van der Waals surface area contributed by atoms with Crippen LogP contribution in [-0.2, 0) is 6.42 Å².